The molecule has 0 saturated carbocycles. The molecule has 20 heavy (non-hydrogen) atoms. The number of ether oxygens (including phenoxy) is 1. The first-order valence-corrected chi connectivity index (χ1v) is 7.22. The van der Waals surface area contributed by atoms with Crippen LogP contribution in [0.2, 0.25) is 10.0 Å². The van der Waals surface area contributed by atoms with Crippen LogP contribution in [0.15, 0.2) is 36.4 Å². The lowest BCUT2D eigenvalue weighted by molar-refractivity contribution is 0.303. The molecule has 0 bridgehead atoms. The van der Waals surface area contributed by atoms with Gasteiger partial charge in [0.2, 0.25) is 0 Å². The highest BCUT2D eigenvalue weighted by Gasteiger charge is 2.05. The van der Waals surface area contributed by atoms with E-state index in [0.29, 0.717) is 23.2 Å². The number of rotatable bonds is 5. The fourth-order valence-electron chi connectivity index (χ4n) is 1.99. The van der Waals surface area contributed by atoms with Gasteiger partial charge in [0.15, 0.2) is 0 Å². The summed E-state index contributed by atoms with van der Waals surface area (Å²) in [5, 5.41) is 1.09. The molecule has 2 N–H and O–H groups in total. The summed E-state index contributed by atoms with van der Waals surface area (Å²) in [7, 11) is 0. The first-order chi connectivity index (χ1) is 9.60. The molecule has 2 rings (SSSR count). The Kier molecular flexibility index (Phi) is 5.30. The van der Waals surface area contributed by atoms with Gasteiger partial charge in [-0.3, -0.25) is 0 Å². The van der Waals surface area contributed by atoms with Crippen LogP contribution < -0.4 is 10.5 Å². The molecule has 106 valence electrons. The van der Waals surface area contributed by atoms with E-state index < -0.39 is 0 Å². The first-order valence-electron chi connectivity index (χ1n) is 6.46. The molecule has 0 saturated heterocycles. The molecule has 0 spiro atoms. The second kappa shape index (κ2) is 6.98. The minimum Gasteiger partial charge on any atom is -0.489 e. The lowest BCUT2D eigenvalue weighted by atomic mass is 10.1. The van der Waals surface area contributed by atoms with Crippen LogP contribution in [0.3, 0.4) is 0 Å². The Bertz CT molecular complexity index is 599. The van der Waals surface area contributed by atoms with Crippen LogP contribution >= 0.6 is 23.2 Å². The van der Waals surface area contributed by atoms with Crippen molar-refractivity contribution in [2.75, 3.05) is 6.54 Å². The second-order valence-corrected chi connectivity index (χ2v) is 5.50. The minimum absolute atomic E-state index is 0.456. The van der Waals surface area contributed by atoms with Crippen molar-refractivity contribution < 1.29 is 4.74 Å². The third-order valence-electron chi connectivity index (χ3n) is 3.01. The van der Waals surface area contributed by atoms with Crippen molar-refractivity contribution in [2.45, 2.75) is 20.0 Å². The molecule has 2 aromatic carbocycles. The van der Waals surface area contributed by atoms with E-state index >= 15 is 0 Å². The molecule has 0 unspecified atom stereocenters. The Morgan fingerprint density at radius 1 is 1.05 bits per heavy atom. The van der Waals surface area contributed by atoms with Crippen LogP contribution in [-0.2, 0) is 13.0 Å². The van der Waals surface area contributed by atoms with Gasteiger partial charge < -0.3 is 10.5 Å². The van der Waals surface area contributed by atoms with E-state index in [-0.39, 0.29) is 0 Å². The molecule has 0 radical (unpaired) electrons. The second-order valence-electron chi connectivity index (χ2n) is 4.69. The van der Waals surface area contributed by atoms with Crippen molar-refractivity contribution >= 4 is 23.2 Å². The summed E-state index contributed by atoms with van der Waals surface area (Å²) in [5.74, 6) is 0.868. The summed E-state index contributed by atoms with van der Waals surface area (Å²) in [6, 6.07) is 11.6. The van der Waals surface area contributed by atoms with Crippen molar-refractivity contribution in [3.05, 3.63) is 63.1 Å². The van der Waals surface area contributed by atoms with Crippen LogP contribution in [-0.4, -0.2) is 6.54 Å². The van der Waals surface area contributed by atoms with Gasteiger partial charge in [-0.2, -0.15) is 0 Å². The number of hydrogen-bond acceptors (Lipinski definition) is 2. The molecule has 0 amide bonds. The summed E-state index contributed by atoms with van der Waals surface area (Å²) in [4.78, 5) is 0. The predicted octanol–water partition coefficient (Wildman–Crippen LogP) is 4.38. The monoisotopic (exact) mass is 309 g/mol. The van der Waals surface area contributed by atoms with Gasteiger partial charge >= 0.3 is 0 Å². The Morgan fingerprint density at radius 2 is 1.85 bits per heavy atom. The Labute approximate surface area is 129 Å². The Hall–Kier alpha value is -1.22. The molecule has 0 aliphatic rings. The minimum atomic E-state index is 0.456. The average Bonchev–Trinajstić information content (AvgIpc) is 2.42. The summed E-state index contributed by atoms with van der Waals surface area (Å²) < 4.78 is 5.87. The SMILES string of the molecule is Cc1ccc(OCc2ccc(Cl)c(Cl)c2)c(CCN)c1. The van der Waals surface area contributed by atoms with Gasteiger partial charge in [0, 0.05) is 0 Å². The maximum absolute atomic E-state index is 5.99. The third-order valence-corrected chi connectivity index (χ3v) is 3.75. The van der Waals surface area contributed by atoms with E-state index in [1.807, 2.05) is 24.3 Å². The quantitative estimate of drug-likeness (QED) is 0.889. The zero-order valence-corrected chi connectivity index (χ0v) is 12.8. The van der Waals surface area contributed by atoms with Gasteiger partial charge in [-0.1, -0.05) is 47.0 Å². The molecule has 4 heteroatoms. The highest BCUT2D eigenvalue weighted by atomic mass is 35.5. The molecule has 0 aromatic heterocycles. The van der Waals surface area contributed by atoms with Crippen LogP contribution in [0.5, 0.6) is 5.75 Å². The van der Waals surface area contributed by atoms with E-state index in [1.165, 1.54) is 5.56 Å². The van der Waals surface area contributed by atoms with E-state index in [0.717, 1.165) is 23.3 Å². The fourth-order valence-corrected chi connectivity index (χ4v) is 2.31. The summed E-state index contributed by atoms with van der Waals surface area (Å²) in [5.41, 5.74) is 8.96. The largest absolute Gasteiger partial charge is 0.489 e. The van der Waals surface area contributed by atoms with E-state index in [9.17, 15) is 0 Å². The Morgan fingerprint density at radius 3 is 2.55 bits per heavy atom. The lowest BCUT2D eigenvalue weighted by Gasteiger charge is -2.12. The molecule has 0 aliphatic carbocycles. The number of benzene rings is 2. The molecule has 0 aliphatic heterocycles. The van der Waals surface area contributed by atoms with Crippen molar-refractivity contribution in [1.29, 1.82) is 0 Å². The van der Waals surface area contributed by atoms with E-state index in [4.69, 9.17) is 33.7 Å². The number of nitrogens with two attached hydrogens (primary N) is 1. The van der Waals surface area contributed by atoms with Crippen LogP contribution in [0, 0.1) is 6.92 Å². The molecule has 2 nitrogen and oxygen atoms in total. The number of halogens is 2. The van der Waals surface area contributed by atoms with Crippen LogP contribution in [0.4, 0.5) is 0 Å². The van der Waals surface area contributed by atoms with E-state index in [1.54, 1.807) is 6.07 Å². The summed E-state index contributed by atoms with van der Waals surface area (Å²) in [6.07, 6.45) is 0.804. The molecule has 0 fully saturated rings. The van der Waals surface area contributed by atoms with E-state index in [2.05, 4.69) is 13.0 Å². The average molecular weight is 310 g/mol. The molecular weight excluding hydrogens is 293 g/mol. The first kappa shape index (κ1) is 15.2. The van der Waals surface area contributed by atoms with Gasteiger partial charge in [-0.25, -0.2) is 0 Å². The standard InChI is InChI=1S/C16H17Cl2NO/c1-11-2-5-16(13(8-11)6-7-19)20-10-12-3-4-14(17)15(18)9-12/h2-5,8-9H,6-7,10,19H2,1H3. The molecule has 0 atom stereocenters. The summed E-state index contributed by atoms with van der Waals surface area (Å²) in [6.45, 7) is 3.12. The van der Waals surface area contributed by atoms with Crippen molar-refractivity contribution in [3.8, 4) is 5.75 Å². The predicted molar refractivity (Wildman–Crippen MR) is 84.7 cm³/mol. The topological polar surface area (TPSA) is 35.2 Å². The van der Waals surface area contributed by atoms with Crippen LogP contribution in [0.25, 0.3) is 0 Å². The molecule has 0 heterocycles. The highest BCUT2D eigenvalue weighted by Crippen LogP contribution is 2.25. The van der Waals surface area contributed by atoms with Gasteiger partial charge in [0.05, 0.1) is 10.0 Å². The van der Waals surface area contributed by atoms with Crippen molar-refractivity contribution in [2.24, 2.45) is 5.73 Å². The van der Waals surface area contributed by atoms with Crippen LogP contribution in [0.1, 0.15) is 16.7 Å². The third kappa shape index (κ3) is 3.89. The maximum Gasteiger partial charge on any atom is 0.123 e. The number of hydrogen-bond donors (Lipinski definition) is 1. The lowest BCUT2D eigenvalue weighted by Crippen LogP contribution is -2.06. The zero-order valence-electron chi connectivity index (χ0n) is 11.3. The molecular formula is C16H17Cl2NO. The van der Waals surface area contributed by atoms with Gasteiger partial charge in [0.25, 0.3) is 0 Å². The molecule has 2 aromatic rings. The van der Waals surface area contributed by atoms with Gasteiger partial charge in [-0.15, -0.1) is 0 Å². The maximum atomic E-state index is 5.99. The fraction of sp³-hybridized carbons (Fsp3) is 0.250. The van der Waals surface area contributed by atoms with Crippen molar-refractivity contribution in [1.82, 2.24) is 0 Å². The Balaban J connectivity index is 2.11. The summed E-state index contributed by atoms with van der Waals surface area (Å²) >= 11 is 11.9. The van der Waals surface area contributed by atoms with Gasteiger partial charge in [-0.05, 0) is 49.2 Å². The zero-order chi connectivity index (χ0) is 14.5. The van der Waals surface area contributed by atoms with Gasteiger partial charge in [0.1, 0.15) is 12.4 Å². The van der Waals surface area contributed by atoms with Crippen molar-refractivity contribution in [3.63, 3.8) is 0 Å². The normalized spacial score (nSPS) is 10.6. The smallest absolute Gasteiger partial charge is 0.123 e. The highest BCUT2D eigenvalue weighted by molar-refractivity contribution is 6.42. The number of aryl methyl sites for hydroxylation is 1.